The molecule has 21 heavy (non-hydrogen) atoms. The van der Waals surface area contributed by atoms with E-state index in [0.717, 1.165) is 18.4 Å². The molecule has 0 aliphatic carbocycles. The van der Waals surface area contributed by atoms with E-state index in [1.807, 2.05) is 24.3 Å². The number of aliphatic hydroxyl groups is 1. The first kappa shape index (κ1) is 15.8. The van der Waals surface area contributed by atoms with Crippen molar-refractivity contribution in [1.29, 1.82) is 0 Å². The van der Waals surface area contributed by atoms with Crippen LogP contribution < -0.4 is 4.74 Å². The number of hydrogen-bond acceptors (Lipinski definition) is 4. The van der Waals surface area contributed by atoms with Crippen molar-refractivity contribution in [1.82, 2.24) is 4.90 Å². The van der Waals surface area contributed by atoms with Gasteiger partial charge in [-0.3, -0.25) is 4.79 Å². The fraction of sp³-hybridized carbons (Fsp3) is 0.562. The second-order valence-corrected chi connectivity index (χ2v) is 5.31. The first-order valence-corrected chi connectivity index (χ1v) is 7.40. The minimum atomic E-state index is -0.285. The quantitative estimate of drug-likeness (QED) is 0.857. The summed E-state index contributed by atoms with van der Waals surface area (Å²) in [5, 5.41) is 9.26. The molecule has 1 aliphatic rings. The minimum absolute atomic E-state index is 0.00326. The Morgan fingerprint density at radius 3 is 2.62 bits per heavy atom. The van der Waals surface area contributed by atoms with E-state index in [1.54, 1.807) is 11.8 Å². The number of benzene rings is 1. The number of aryl methyl sites for hydroxylation is 1. The molecule has 1 aromatic rings. The third-order valence-corrected chi connectivity index (χ3v) is 3.50. The highest BCUT2D eigenvalue weighted by molar-refractivity contribution is 5.77. The fourth-order valence-electron chi connectivity index (χ4n) is 2.18. The van der Waals surface area contributed by atoms with Gasteiger partial charge in [0.15, 0.2) is 6.61 Å². The molecule has 1 N–H and O–H groups in total. The maximum atomic E-state index is 11.9. The van der Waals surface area contributed by atoms with Crippen molar-refractivity contribution in [2.75, 3.05) is 32.9 Å². The van der Waals surface area contributed by atoms with Crippen LogP contribution >= 0.6 is 0 Å². The summed E-state index contributed by atoms with van der Waals surface area (Å²) in [5.41, 5.74) is 1.16. The smallest absolute Gasteiger partial charge is 0.260 e. The molecule has 1 saturated heterocycles. The Labute approximate surface area is 125 Å². The van der Waals surface area contributed by atoms with Gasteiger partial charge in [0.2, 0.25) is 0 Å². The van der Waals surface area contributed by atoms with Crippen LogP contribution in [0, 0.1) is 0 Å². The number of carbonyl (C=O) groups excluding carboxylic acids is 1. The topological polar surface area (TPSA) is 59.0 Å². The van der Waals surface area contributed by atoms with E-state index in [9.17, 15) is 9.90 Å². The Morgan fingerprint density at radius 1 is 1.33 bits per heavy atom. The van der Waals surface area contributed by atoms with E-state index >= 15 is 0 Å². The standard InChI is InChI=1S/C16H23NO4/c1-13(18)2-3-14-4-6-15(7-5-14)21-12-16(19)17-8-10-20-11-9-17/h4-7,13,18H,2-3,8-12H2,1H3. The van der Waals surface area contributed by atoms with Crippen molar-refractivity contribution in [3.63, 3.8) is 0 Å². The Balaban J connectivity index is 1.76. The van der Waals surface area contributed by atoms with Gasteiger partial charge < -0.3 is 19.5 Å². The van der Waals surface area contributed by atoms with E-state index in [1.165, 1.54) is 0 Å². The summed E-state index contributed by atoms with van der Waals surface area (Å²) >= 11 is 0. The predicted molar refractivity (Wildman–Crippen MR) is 79.3 cm³/mol. The van der Waals surface area contributed by atoms with Crippen LogP contribution in [0.5, 0.6) is 5.75 Å². The molecule has 1 atom stereocenters. The summed E-state index contributed by atoms with van der Waals surface area (Å²) < 4.78 is 10.7. The highest BCUT2D eigenvalue weighted by Gasteiger charge is 2.16. The molecule has 1 fully saturated rings. The molecule has 1 unspecified atom stereocenters. The van der Waals surface area contributed by atoms with Crippen LogP contribution in [0.3, 0.4) is 0 Å². The Bertz CT molecular complexity index is 438. The van der Waals surface area contributed by atoms with Gasteiger partial charge in [-0.25, -0.2) is 0 Å². The molecule has 1 aromatic carbocycles. The van der Waals surface area contributed by atoms with Crippen LogP contribution in [0.2, 0.25) is 0 Å². The number of rotatable bonds is 6. The molecule has 0 spiro atoms. The Kier molecular flexibility index (Phi) is 6.02. The largest absolute Gasteiger partial charge is 0.484 e. The predicted octanol–water partition coefficient (Wildman–Crippen LogP) is 1.24. The number of amides is 1. The van der Waals surface area contributed by atoms with Crippen molar-refractivity contribution >= 4 is 5.91 Å². The number of hydrogen-bond donors (Lipinski definition) is 1. The molecule has 1 amide bonds. The first-order chi connectivity index (χ1) is 10.1. The van der Waals surface area contributed by atoms with Crippen molar-refractivity contribution in [2.24, 2.45) is 0 Å². The van der Waals surface area contributed by atoms with Gasteiger partial charge in [0, 0.05) is 13.1 Å². The number of ether oxygens (including phenoxy) is 2. The highest BCUT2D eigenvalue weighted by atomic mass is 16.5. The number of nitrogens with zero attached hydrogens (tertiary/aromatic N) is 1. The zero-order valence-corrected chi connectivity index (χ0v) is 12.5. The molecule has 5 heteroatoms. The summed E-state index contributed by atoms with van der Waals surface area (Å²) in [6, 6.07) is 7.67. The van der Waals surface area contributed by atoms with E-state index in [-0.39, 0.29) is 18.6 Å². The van der Waals surface area contributed by atoms with E-state index < -0.39 is 0 Å². The normalized spacial score (nSPS) is 16.6. The summed E-state index contributed by atoms with van der Waals surface area (Å²) in [4.78, 5) is 13.7. The number of aliphatic hydroxyl groups excluding tert-OH is 1. The third-order valence-electron chi connectivity index (χ3n) is 3.50. The molecule has 0 saturated carbocycles. The molecule has 2 rings (SSSR count). The van der Waals surface area contributed by atoms with Crippen molar-refractivity contribution in [2.45, 2.75) is 25.9 Å². The van der Waals surface area contributed by atoms with E-state index in [0.29, 0.717) is 32.1 Å². The second-order valence-electron chi connectivity index (χ2n) is 5.31. The molecular weight excluding hydrogens is 270 g/mol. The Hall–Kier alpha value is -1.59. The lowest BCUT2D eigenvalue weighted by Gasteiger charge is -2.26. The van der Waals surface area contributed by atoms with Crippen LogP contribution in [0.1, 0.15) is 18.9 Å². The van der Waals surface area contributed by atoms with E-state index in [4.69, 9.17) is 9.47 Å². The molecular formula is C16H23NO4. The van der Waals surface area contributed by atoms with Gasteiger partial charge >= 0.3 is 0 Å². The molecule has 0 bridgehead atoms. The first-order valence-electron chi connectivity index (χ1n) is 7.40. The van der Waals surface area contributed by atoms with Gasteiger partial charge in [-0.1, -0.05) is 12.1 Å². The van der Waals surface area contributed by atoms with Crippen molar-refractivity contribution in [3.8, 4) is 5.75 Å². The zero-order valence-electron chi connectivity index (χ0n) is 12.5. The van der Waals surface area contributed by atoms with Crippen LogP contribution in [0.4, 0.5) is 0 Å². The van der Waals surface area contributed by atoms with E-state index in [2.05, 4.69) is 0 Å². The summed E-state index contributed by atoms with van der Waals surface area (Å²) in [6.07, 6.45) is 1.30. The van der Waals surface area contributed by atoms with Gasteiger partial charge in [0.1, 0.15) is 5.75 Å². The average molecular weight is 293 g/mol. The van der Waals surface area contributed by atoms with Gasteiger partial charge in [-0.05, 0) is 37.5 Å². The monoisotopic (exact) mass is 293 g/mol. The number of morpholine rings is 1. The minimum Gasteiger partial charge on any atom is -0.484 e. The molecule has 5 nitrogen and oxygen atoms in total. The van der Waals surface area contributed by atoms with Crippen molar-refractivity contribution < 1.29 is 19.4 Å². The van der Waals surface area contributed by atoms with Crippen LogP contribution in [-0.4, -0.2) is 54.9 Å². The third kappa shape index (κ3) is 5.36. The van der Waals surface area contributed by atoms with Crippen LogP contribution in [0.25, 0.3) is 0 Å². The Morgan fingerprint density at radius 2 is 2.00 bits per heavy atom. The molecule has 1 aliphatic heterocycles. The highest BCUT2D eigenvalue weighted by Crippen LogP contribution is 2.14. The lowest BCUT2D eigenvalue weighted by Crippen LogP contribution is -2.42. The fourth-order valence-corrected chi connectivity index (χ4v) is 2.18. The van der Waals surface area contributed by atoms with Gasteiger partial charge in [-0.2, -0.15) is 0 Å². The second kappa shape index (κ2) is 8.00. The summed E-state index contributed by atoms with van der Waals surface area (Å²) in [5.74, 6) is 0.689. The molecule has 1 heterocycles. The van der Waals surface area contributed by atoms with Crippen LogP contribution in [-0.2, 0) is 16.0 Å². The van der Waals surface area contributed by atoms with Gasteiger partial charge in [0.05, 0.1) is 19.3 Å². The SMILES string of the molecule is CC(O)CCc1ccc(OCC(=O)N2CCOCC2)cc1. The maximum Gasteiger partial charge on any atom is 0.260 e. The van der Waals surface area contributed by atoms with Crippen LogP contribution in [0.15, 0.2) is 24.3 Å². The lowest BCUT2D eigenvalue weighted by molar-refractivity contribution is -0.137. The lowest BCUT2D eigenvalue weighted by atomic mass is 10.1. The number of carbonyl (C=O) groups is 1. The molecule has 116 valence electrons. The van der Waals surface area contributed by atoms with Gasteiger partial charge in [-0.15, -0.1) is 0 Å². The van der Waals surface area contributed by atoms with Crippen molar-refractivity contribution in [3.05, 3.63) is 29.8 Å². The maximum absolute atomic E-state index is 11.9. The summed E-state index contributed by atoms with van der Waals surface area (Å²) in [6.45, 7) is 4.33. The van der Waals surface area contributed by atoms with Gasteiger partial charge in [0.25, 0.3) is 5.91 Å². The average Bonchev–Trinajstić information content (AvgIpc) is 2.52. The molecule has 0 radical (unpaired) electrons. The molecule has 0 aromatic heterocycles. The zero-order chi connectivity index (χ0) is 15.1. The summed E-state index contributed by atoms with van der Waals surface area (Å²) in [7, 11) is 0.